The number of hydrogen-bond acceptors (Lipinski definition) is 5. The smallest absolute Gasteiger partial charge is 0.287 e. The first-order chi connectivity index (χ1) is 16.5. The first kappa shape index (κ1) is 23.2. The highest BCUT2D eigenvalue weighted by Gasteiger charge is 2.34. The Bertz CT molecular complexity index is 1130. The van der Waals surface area contributed by atoms with Crippen LogP contribution in [0.1, 0.15) is 47.8 Å². The zero-order valence-electron chi connectivity index (χ0n) is 18.4. The molecule has 8 nitrogen and oxygen atoms in total. The van der Waals surface area contributed by atoms with E-state index in [-0.39, 0.29) is 23.4 Å². The predicted octanol–water partition coefficient (Wildman–Crippen LogP) is 3.38. The molecule has 2 N–H and O–H groups in total. The molecule has 1 aliphatic carbocycles. The Morgan fingerprint density at radius 2 is 1.85 bits per heavy atom. The second-order valence-corrected chi connectivity index (χ2v) is 8.08. The molecule has 0 aliphatic heterocycles. The fourth-order valence-electron chi connectivity index (χ4n) is 4.11. The van der Waals surface area contributed by atoms with Gasteiger partial charge in [0, 0.05) is 24.1 Å². The highest BCUT2D eigenvalue weighted by molar-refractivity contribution is 6.04. The van der Waals surface area contributed by atoms with Gasteiger partial charge in [-0.25, -0.2) is 4.39 Å². The van der Waals surface area contributed by atoms with E-state index < -0.39 is 30.2 Å². The number of anilines is 1. The number of nitrogens with zero attached hydrogens (tertiary/aromatic N) is 2. The highest BCUT2D eigenvalue weighted by atomic mass is 19.1. The molecule has 3 amide bonds. The molecule has 34 heavy (non-hydrogen) atoms. The van der Waals surface area contributed by atoms with Crippen LogP contribution >= 0.6 is 0 Å². The number of nitrogens with one attached hydrogen (secondary N) is 2. The van der Waals surface area contributed by atoms with Crippen molar-refractivity contribution in [2.75, 3.05) is 11.4 Å². The number of furan rings is 1. The zero-order chi connectivity index (χ0) is 23.9. The third kappa shape index (κ3) is 5.48. The van der Waals surface area contributed by atoms with Crippen molar-refractivity contribution in [2.24, 2.45) is 0 Å². The van der Waals surface area contributed by atoms with E-state index in [1.54, 1.807) is 24.3 Å². The summed E-state index contributed by atoms with van der Waals surface area (Å²) in [4.78, 5) is 44.5. The molecular formula is C25H25FN4O4. The minimum absolute atomic E-state index is 0.0138. The summed E-state index contributed by atoms with van der Waals surface area (Å²) >= 11 is 0. The van der Waals surface area contributed by atoms with E-state index in [9.17, 15) is 18.8 Å². The summed E-state index contributed by atoms with van der Waals surface area (Å²) < 4.78 is 19.2. The number of hydrogen-bond donors (Lipinski definition) is 2. The Labute approximate surface area is 196 Å². The Balaban J connectivity index is 1.66. The van der Waals surface area contributed by atoms with Crippen molar-refractivity contribution in [1.82, 2.24) is 15.6 Å². The largest absolute Gasteiger partial charge is 0.459 e. The molecule has 2 aromatic heterocycles. The first-order valence-electron chi connectivity index (χ1n) is 11.1. The maximum Gasteiger partial charge on any atom is 0.287 e. The van der Waals surface area contributed by atoms with Crippen LogP contribution < -0.4 is 15.5 Å². The minimum atomic E-state index is -1.08. The number of pyridine rings is 1. The molecule has 176 valence electrons. The van der Waals surface area contributed by atoms with Gasteiger partial charge in [0.2, 0.25) is 11.8 Å². The molecule has 1 aliphatic rings. The zero-order valence-corrected chi connectivity index (χ0v) is 18.4. The van der Waals surface area contributed by atoms with E-state index >= 15 is 0 Å². The third-order valence-electron chi connectivity index (χ3n) is 5.73. The summed E-state index contributed by atoms with van der Waals surface area (Å²) in [5, 5.41) is 5.54. The average Bonchev–Trinajstić information content (AvgIpc) is 3.56. The summed E-state index contributed by atoms with van der Waals surface area (Å²) in [7, 11) is 0. The van der Waals surface area contributed by atoms with Gasteiger partial charge in [-0.2, -0.15) is 0 Å². The van der Waals surface area contributed by atoms with Crippen molar-refractivity contribution in [2.45, 2.75) is 37.8 Å². The average molecular weight is 464 g/mol. The molecule has 1 atom stereocenters. The lowest BCUT2D eigenvalue weighted by atomic mass is 10.0. The lowest BCUT2D eigenvalue weighted by molar-refractivity contribution is -0.126. The molecule has 0 bridgehead atoms. The van der Waals surface area contributed by atoms with Crippen LogP contribution in [0.3, 0.4) is 0 Å². The van der Waals surface area contributed by atoms with E-state index in [0.29, 0.717) is 5.56 Å². The van der Waals surface area contributed by atoms with Crippen molar-refractivity contribution in [3.05, 3.63) is 84.3 Å². The molecule has 0 saturated heterocycles. The Morgan fingerprint density at radius 3 is 2.53 bits per heavy atom. The molecule has 0 spiro atoms. The molecule has 9 heteroatoms. The Hall–Kier alpha value is -4.01. The molecule has 1 fully saturated rings. The van der Waals surface area contributed by atoms with Gasteiger partial charge in [-0.15, -0.1) is 0 Å². The van der Waals surface area contributed by atoms with Crippen LogP contribution in [-0.2, 0) is 9.59 Å². The molecule has 1 aromatic carbocycles. The van der Waals surface area contributed by atoms with Gasteiger partial charge in [0.05, 0.1) is 12.8 Å². The Morgan fingerprint density at radius 1 is 1.09 bits per heavy atom. The van der Waals surface area contributed by atoms with E-state index in [1.807, 2.05) is 0 Å². The fourth-order valence-corrected chi connectivity index (χ4v) is 4.11. The minimum Gasteiger partial charge on any atom is -0.459 e. The lowest BCUT2D eigenvalue weighted by Crippen LogP contribution is -2.49. The second kappa shape index (κ2) is 10.7. The fraction of sp³-hybridized carbons (Fsp3) is 0.280. The maximum atomic E-state index is 14.2. The summed E-state index contributed by atoms with van der Waals surface area (Å²) in [6.45, 7) is -0.422. The summed E-state index contributed by atoms with van der Waals surface area (Å²) in [6, 6.07) is 10.7. The number of carbonyl (C=O) groups is 3. The number of aromatic nitrogens is 1. The predicted molar refractivity (Wildman–Crippen MR) is 122 cm³/mol. The number of halogens is 1. The van der Waals surface area contributed by atoms with Crippen molar-refractivity contribution in [1.29, 1.82) is 0 Å². The normalized spacial score (nSPS) is 14.4. The first-order valence-corrected chi connectivity index (χ1v) is 11.1. The van der Waals surface area contributed by atoms with E-state index in [4.69, 9.17) is 4.42 Å². The van der Waals surface area contributed by atoms with Crippen LogP contribution in [0.2, 0.25) is 0 Å². The van der Waals surface area contributed by atoms with Gasteiger partial charge in [-0.05, 0) is 60.9 Å². The van der Waals surface area contributed by atoms with Crippen molar-refractivity contribution < 1.29 is 23.2 Å². The third-order valence-corrected chi connectivity index (χ3v) is 5.73. The maximum absolute atomic E-state index is 14.2. The van der Waals surface area contributed by atoms with Crippen LogP contribution in [0.25, 0.3) is 0 Å². The SMILES string of the molecule is O=C(NCC(=O)N(c1cccc(F)c1)[C@@H](C(=O)NC1CCCC1)c1ccncc1)c1ccco1. The molecule has 3 aromatic rings. The van der Waals surface area contributed by atoms with Crippen LogP contribution in [0.15, 0.2) is 71.6 Å². The number of rotatable bonds is 8. The van der Waals surface area contributed by atoms with E-state index in [2.05, 4.69) is 15.6 Å². The van der Waals surface area contributed by atoms with Crippen molar-refractivity contribution in [3.63, 3.8) is 0 Å². The molecule has 2 heterocycles. The molecular weight excluding hydrogens is 439 g/mol. The van der Waals surface area contributed by atoms with Gasteiger partial charge in [-0.3, -0.25) is 24.3 Å². The lowest BCUT2D eigenvalue weighted by Gasteiger charge is -2.32. The summed E-state index contributed by atoms with van der Waals surface area (Å²) in [5.41, 5.74) is 0.709. The quantitative estimate of drug-likeness (QED) is 0.532. The van der Waals surface area contributed by atoms with Crippen LogP contribution in [0.5, 0.6) is 0 Å². The van der Waals surface area contributed by atoms with Crippen molar-refractivity contribution in [3.8, 4) is 0 Å². The number of carbonyl (C=O) groups excluding carboxylic acids is 3. The topological polar surface area (TPSA) is 105 Å². The summed E-state index contributed by atoms with van der Waals surface area (Å²) in [5.74, 6) is -2.05. The van der Waals surface area contributed by atoms with Gasteiger partial charge in [0.25, 0.3) is 5.91 Å². The van der Waals surface area contributed by atoms with E-state index in [0.717, 1.165) is 25.7 Å². The van der Waals surface area contributed by atoms with Crippen LogP contribution in [0, 0.1) is 5.82 Å². The number of benzene rings is 1. The standard InChI is InChI=1S/C25H25FN4O4/c26-18-5-3-8-20(15-18)30(22(31)16-28-24(32)21-9-4-14-34-21)23(17-10-12-27-13-11-17)25(33)29-19-6-1-2-7-19/h3-5,8-15,19,23H,1-2,6-7,16H2,(H,28,32)(H,29,33)/t23-/m1/s1. The molecule has 0 unspecified atom stereocenters. The molecule has 4 rings (SSSR count). The van der Waals surface area contributed by atoms with Gasteiger partial charge in [0.15, 0.2) is 5.76 Å². The van der Waals surface area contributed by atoms with Gasteiger partial charge in [0.1, 0.15) is 11.9 Å². The summed E-state index contributed by atoms with van der Waals surface area (Å²) in [6.07, 6.45) is 8.18. The molecule has 0 radical (unpaired) electrons. The number of amides is 3. The Kier molecular flexibility index (Phi) is 7.31. The highest BCUT2D eigenvalue weighted by Crippen LogP contribution is 2.29. The van der Waals surface area contributed by atoms with Gasteiger partial charge in [-0.1, -0.05) is 18.9 Å². The molecule has 1 saturated carbocycles. The second-order valence-electron chi connectivity index (χ2n) is 8.08. The van der Waals surface area contributed by atoms with E-state index in [1.165, 1.54) is 47.8 Å². The van der Waals surface area contributed by atoms with Crippen molar-refractivity contribution >= 4 is 23.4 Å². The van der Waals surface area contributed by atoms with Crippen LogP contribution in [0.4, 0.5) is 10.1 Å². The van der Waals surface area contributed by atoms with Gasteiger partial charge < -0.3 is 15.1 Å². The van der Waals surface area contributed by atoms with Crippen LogP contribution in [-0.4, -0.2) is 35.3 Å². The monoisotopic (exact) mass is 464 g/mol. The van der Waals surface area contributed by atoms with Gasteiger partial charge >= 0.3 is 0 Å².